The van der Waals surface area contributed by atoms with E-state index in [9.17, 15) is 22.0 Å². The molecule has 4 aromatic rings. The van der Waals surface area contributed by atoms with E-state index in [1.54, 1.807) is 24.3 Å². The Morgan fingerprint density at radius 3 is 2.36 bits per heavy atom. The van der Waals surface area contributed by atoms with Crippen molar-refractivity contribution in [2.24, 2.45) is 0 Å². The number of hydrogen-bond acceptors (Lipinski definition) is 5. The van der Waals surface area contributed by atoms with E-state index >= 15 is 0 Å². The molecule has 0 aliphatic carbocycles. The minimum Gasteiger partial charge on any atom is -0.380 e. The predicted molar refractivity (Wildman–Crippen MR) is 124 cm³/mol. The standard InChI is InChI=1S/C23H18F2N2O4S2/c1-31-13-16-21-17(25)5-4-8-20(21)32-22(16)23(28)26-18-6-2-3-7-19(18)27-33(29,30)15-11-9-14(24)10-12-15/h2-12,27H,13H2,1H3,(H,26,28). The van der Waals surface area contributed by atoms with Crippen molar-refractivity contribution in [2.75, 3.05) is 17.1 Å². The second-order valence-electron chi connectivity index (χ2n) is 7.01. The number of amides is 1. The van der Waals surface area contributed by atoms with Crippen LogP contribution in [0.1, 0.15) is 15.2 Å². The van der Waals surface area contributed by atoms with Crippen LogP contribution in [-0.4, -0.2) is 21.4 Å². The zero-order valence-corrected chi connectivity index (χ0v) is 18.9. The summed E-state index contributed by atoms with van der Waals surface area (Å²) in [6.45, 7) is 0.0303. The van der Waals surface area contributed by atoms with Crippen LogP contribution in [0.25, 0.3) is 10.1 Å². The van der Waals surface area contributed by atoms with E-state index in [2.05, 4.69) is 10.0 Å². The van der Waals surface area contributed by atoms with Gasteiger partial charge in [0, 0.05) is 22.8 Å². The Morgan fingerprint density at radius 2 is 1.67 bits per heavy atom. The predicted octanol–water partition coefficient (Wildman–Crippen LogP) is 5.38. The first kappa shape index (κ1) is 22.8. The summed E-state index contributed by atoms with van der Waals surface area (Å²) < 4.78 is 61.2. The number of ether oxygens (including phenoxy) is 1. The Labute approximate surface area is 192 Å². The van der Waals surface area contributed by atoms with E-state index in [1.165, 1.54) is 25.3 Å². The largest absolute Gasteiger partial charge is 0.380 e. The molecule has 33 heavy (non-hydrogen) atoms. The fourth-order valence-corrected chi connectivity index (χ4v) is 5.51. The highest BCUT2D eigenvalue weighted by Gasteiger charge is 2.22. The first-order valence-electron chi connectivity index (χ1n) is 9.68. The molecule has 3 aromatic carbocycles. The Morgan fingerprint density at radius 1 is 0.970 bits per heavy atom. The van der Waals surface area contributed by atoms with Crippen molar-refractivity contribution in [3.05, 3.63) is 88.8 Å². The minimum absolute atomic E-state index is 0.0303. The molecule has 0 unspecified atom stereocenters. The molecule has 0 bridgehead atoms. The topological polar surface area (TPSA) is 84.5 Å². The lowest BCUT2D eigenvalue weighted by molar-refractivity contribution is 0.102. The molecule has 0 atom stereocenters. The normalized spacial score (nSPS) is 11.5. The summed E-state index contributed by atoms with van der Waals surface area (Å²) in [7, 11) is -2.58. The van der Waals surface area contributed by atoms with Crippen molar-refractivity contribution < 1.29 is 26.7 Å². The Balaban J connectivity index is 1.66. The molecule has 4 rings (SSSR count). The van der Waals surface area contributed by atoms with E-state index in [-0.39, 0.29) is 27.8 Å². The van der Waals surface area contributed by atoms with Crippen molar-refractivity contribution in [2.45, 2.75) is 11.5 Å². The average Bonchev–Trinajstić information content (AvgIpc) is 3.15. The van der Waals surface area contributed by atoms with Gasteiger partial charge in [0.2, 0.25) is 0 Å². The molecule has 1 heterocycles. The third-order valence-electron chi connectivity index (χ3n) is 4.80. The number of halogens is 2. The maximum atomic E-state index is 14.4. The number of carbonyl (C=O) groups is 1. The van der Waals surface area contributed by atoms with Gasteiger partial charge in [0.15, 0.2) is 0 Å². The molecule has 1 aromatic heterocycles. The lowest BCUT2D eigenvalue weighted by Crippen LogP contribution is -2.17. The van der Waals surface area contributed by atoms with Crippen LogP contribution >= 0.6 is 11.3 Å². The van der Waals surface area contributed by atoms with Gasteiger partial charge in [-0.2, -0.15) is 0 Å². The first-order valence-corrected chi connectivity index (χ1v) is 12.0. The number of para-hydroxylation sites is 2. The van der Waals surface area contributed by atoms with Crippen LogP contribution in [0.3, 0.4) is 0 Å². The van der Waals surface area contributed by atoms with E-state index < -0.39 is 27.6 Å². The molecule has 0 aliphatic rings. The number of hydrogen-bond donors (Lipinski definition) is 2. The van der Waals surface area contributed by atoms with Gasteiger partial charge >= 0.3 is 0 Å². The van der Waals surface area contributed by atoms with Crippen molar-refractivity contribution in [3.8, 4) is 0 Å². The van der Waals surface area contributed by atoms with Crippen LogP contribution in [0, 0.1) is 11.6 Å². The monoisotopic (exact) mass is 488 g/mol. The van der Waals surface area contributed by atoms with Gasteiger partial charge < -0.3 is 10.1 Å². The summed E-state index contributed by atoms with van der Waals surface area (Å²) in [5.41, 5.74) is 0.739. The SMILES string of the molecule is COCc1c(C(=O)Nc2ccccc2NS(=O)(=O)c2ccc(F)cc2)sc2cccc(F)c12. The zero-order chi connectivity index (χ0) is 23.6. The number of anilines is 2. The molecule has 0 saturated heterocycles. The van der Waals surface area contributed by atoms with Crippen LogP contribution < -0.4 is 10.0 Å². The van der Waals surface area contributed by atoms with Crippen molar-refractivity contribution in [1.29, 1.82) is 0 Å². The lowest BCUT2D eigenvalue weighted by atomic mass is 10.1. The number of rotatable bonds is 7. The van der Waals surface area contributed by atoms with Gasteiger partial charge in [-0.15, -0.1) is 11.3 Å². The Hall–Kier alpha value is -3.34. The molecule has 2 N–H and O–H groups in total. The molecule has 0 aliphatic heterocycles. The Kier molecular flexibility index (Phi) is 6.41. The second-order valence-corrected chi connectivity index (χ2v) is 9.75. The van der Waals surface area contributed by atoms with Crippen LogP contribution in [0.4, 0.5) is 20.2 Å². The quantitative estimate of drug-likeness (QED) is 0.366. The van der Waals surface area contributed by atoms with Crippen LogP contribution in [0.2, 0.25) is 0 Å². The average molecular weight is 489 g/mol. The summed E-state index contributed by atoms with van der Waals surface area (Å²) in [4.78, 5) is 13.2. The van der Waals surface area contributed by atoms with Crippen LogP contribution in [-0.2, 0) is 21.4 Å². The number of nitrogens with one attached hydrogen (secondary N) is 2. The van der Waals surface area contributed by atoms with Gasteiger partial charge in [0.25, 0.3) is 15.9 Å². The van der Waals surface area contributed by atoms with Gasteiger partial charge in [-0.05, 0) is 48.5 Å². The molecule has 6 nitrogen and oxygen atoms in total. The fraction of sp³-hybridized carbons (Fsp3) is 0.0870. The van der Waals surface area contributed by atoms with Crippen molar-refractivity contribution >= 4 is 48.7 Å². The molecular weight excluding hydrogens is 470 g/mol. The molecule has 0 spiro atoms. The van der Waals surface area contributed by atoms with Gasteiger partial charge in [-0.3, -0.25) is 9.52 Å². The van der Waals surface area contributed by atoms with Crippen LogP contribution in [0.5, 0.6) is 0 Å². The number of fused-ring (bicyclic) bond motifs is 1. The molecule has 1 amide bonds. The summed E-state index contributed by atoms with van der Waals surface area (Å²) >= 11 is 1.12. The summed E-state index contributed by atoms with van der Waals surface area (Å²) in [6, 6.07) is 15.2. The van der Waals surface area contributed by atoms with E-state index in [0.29, 0.717) is 15.6 Å². The number of carbonyl (C=O) groups excluding carboxylic acids is 1. The molecule has 0 radical (unpaired) electrons. The maximum absolute atomic E-state index is 14.4. The maximum Gasteiger partial charge on any atom is 0.266 e. The molecular formula is C23H18F2N2O4S2. The summed E-state index contributed by atoms with van der Waals surface area (Å²) in [6.07, 6.45) is 0. The highest BCUT2D eigenvalue weighted by atomic mass is 32.2. The highest BCUT2D eigenvalue weighted by molar-refractivity contribution is 7.92. The lowest BCUT2D eigenvalue weighted by Gasteiger charge is -2.14. The highest BCUT2D eigenvalue weighted by Crippen LogP contribution is 2.35. The second kappa shape index (κ2) is 9.26. The third-order valence-corrected chi connectivity index (χ3v) is 7.38. The molecule has 10 heteroatoms. The van der Waals surface area contributed by atoms with E-state index in [0.717, 1.165) is 35.6 Å². The number of methoxy groups -OCH3 is 1. The van der Waals surface area contributed by atoms with E-state index in [4.69, 9.17) is 4.74 Å². The van der Waals surface area contributed by atoms with Gasteiger partial charge in [-0.1, -0.05) is 18.2 Å². The van der Waals surface area contributed by atoms with Crippen molar-refractivity contribution in [1.82, 2.24) is 0 Å². The first-order chi connectivity index (χ1) is 15.8. The van der Waals surface area contributed by atoms with Crippen LogP contribution in [0.15, 0.2) is 71.6 Å². The number of thiophene rings is 1. The molecule has 0 saturated carbocycles. The van der Waals surface area contributed by atoms with Gasteiger partial charge in [-0.25, -0.2) is 17.2 Å². The molecule has 170 valence electrons. The smallest absolute Gasteiger partial charge is 0.266 e. The third kappa shape index (κ3) is 4.72. The fourth-order valence-electron chi connectivity index (χ4n) is 3.31. The minimum atomic E-state index is -4.03. The summed E-state index contributed by atoms with van der Waals surface area (Å²) in [5.74, 6) is -1.55. The van der Waals surface area contributed by atoms with Gasteiger partial charge in [0.1, 0.15) is 11.6 Å². The Bertz CT molecular complexity index is 1430. The van der Waals surface area contributed by atoms with Crippen molar-refractivity contribution in [3.63, 3.8) is 0 Å². The molecule has 0 fully saturated rings. The zero-order valence-electron chi connectivity index (χ0n) is 17.3. The van der Waals surface area contributed by atoms with Gasteiger partial charge in [0.05, 0.1) is 27.8 Å². The summed E-state index contributed by atoms with van der Waals surface area (Å²) in [5, 5.41) is 3.02. The van der Waals surface area contributed by atoms with E-state index in [1.807, 2.05) is 0 Å². The number of sulfonamides is 1. The number of benzene rings is 3.